The van der Waals surface area contributed by atoms with Crippen LogP contribution in [0.25, 0.3) is 44.6 Å². The number of para-hydroxylation sites is 2. The van der Waals surface area contributed by atoms with Crippen LogP contribution in [0.4, 0.5) is 24.8 Å². The van der Waals surface area contributed by atoms with E-state index in [1.165, 1.54) is 0 Å². The molecule has 2 aromatic carbocycles. The average Bonchev–Trinajstić information content (AvgIpc) is 3.88. The third-order valence-corrected chi connectivity index (χ3v) is 12.0. The van der Waals surface area contributed by atoms with Crippen molar-refractivity contribution < 1.29 is 22.8 Å². The summed E-state index contributed by atoms with van der Waals surface area (Å²) < 4.78 is 36.1. The van der Waals surface area contributed by atoms with E-state index >= 15 is 0 Å². The fraction of sp³-hybridized carbons (Fsp3) is 0.435. The zero-order valence-electron chi connectivity index (χ0n) is 36.4. The normalized spacial score (nSPS) is 20.1. The summed E-state index contributed by atoms with van der Waals surface area (Å²) in [6.07, 6.45) is 2.73. The maximum absolute atomic E-state index is 12.4. The van der Waals surface area contributed by atoms with Gasteiger partial charge in [0.05, 0.1) is 46.3 Å². The van der Waals surface area contributed by atoms with Gasteiger partial charge in [0.2, 0.25) is 0 Å². The molecule has 64 heavy (non-hydrogen) atoms. The Morgan fingerprint density at radius 3 is 1.56 bits per heavy atom. The molecule has 6 aromatic rings. The molecule has 2 amide bonds. The van der Waals surface area contributed by atoms with E-state index in [1.807, 2.05) is 69.3 Å². The van der Waals surface area contributed by atoms with Crippen LogP contribution in [-0.4, -0.2) is 98.1 Å². The van der Waals surface area contributed by atoms with Gasteiger partial charge in [-0.15, -0.1) is 12.4 Å². The molecule has 2 saturated carbocycles. The molecular weight excluding hydrogens is 845 g/mol. The number of carbonyl (C=O) groups excluding carboxylic acids is 2. The number of nitrogens with two attached hydrogens (primary N) is 1. The summed E-state index contributed by atoms with van der Waals surface area (Å²) in [5, 5.41) is 15.5. The molecule has 0 bridgehead atoms. The third kappa shape index (κ3) is 10.3. The van der Waals surface area contributed by atoms with Gasteiger partial charge in [0.25, 0.3) is 18.2 Å². The van der Waals surface area contributed by atoms with E-state index in [9.17, 15) is 22.8 Å². The Kier molecular flexibility index (Phi) is 14.4. The quantitative estimate of drug-likeness (QED) is 0.0689. The summed E-state index contributed by atoms with van der Waals surface area (Å²) >= 11 is 0. The number of aryl methyl sites for hydroxylation is 2. The van der Waals surface area contributed by atoms with Crippen LogP contribution < -0.4 is 32.3 Å². The first-order valence-electron chi connectivity index (χ1n) is 21.8. The van der Waals surface area contributed by atoms with Crippen LogP contribution in [-0.2, 0) is 12.8 Å². The Morgan fingerprint density at radius 1 is 0.703 bits per heavy atom. The zero-order chi connectivity index (χ0) is 44.4. The second kappa shape index (κ2) is 19.9. The number of nitrogens with zero attached hydrogens (tertiary/aromatic N) is 4. The smallest absolute Gasteiger partial charge is 0.253 e. The molecule has 18 heteroatoms. The van der Waals surface area contributed by atoms with Crippen molar-refractivity contribution in [2.24, 2.45) is 5.73 Å². The van der Waals surface area contributed by atoms with Crippen molar-refractivity contribution in [3.8, 4) is 22.5 Å². The monoisotopic (exact) mass is 900 g/mol. The number of aromatic nitrogens is 6. The minimum absolute atomic E-state index is 0. The van der Waals surface area contributed by atoms with Crippen LogP contribution in [0.1, 0.15) is 89.4 Å². The number of anilines is 2. The highest BCUT2D eigenvalue weighted by Gasteiger charge is 2.31. The number of halogens is 4. The van der Waals surface area contributed by atoms with Gasteiger partial charge >= 0.3 is 0 Å². The Labute approximate surface area is 375 Å². The summed E-state index contributed by atoms with van der Waals surface area (Å²) in [4.78, 5) is 50.2. The highest BCUT2D eigenvalue weighted by atomic mass is 35.5. The predicted octanol–water partition coefficient (Wildman–Crippen LogP) is 7.31. The number of carbonyl (C=O) groups is 2. The molecular formula is C46H56ClF3N12O2. The summed E-state index contributed by atoms with van der Waals surface area (Å²) in [5.74, 6) is 1.42. The number of hydrogen-bond donors (Lipinski definition) is 8. The molecule has 0 saturated heterocycles. The SMILES string of the molecule is CCC(C)F.Cc1nc2cccc(-c3cc4c([nH]3)CCNC4=O)c2nc1NC1CC(N)C1.Cc1nc2cccc(-c3cc4c([nH]3)CCNC4=O)c2nc1NC1CC(NCC(F)F)C1.Cl. The number of hydrogen-bond acceptors (Lipinski definition) is 10. The van der Waals surface area contributed by atoms with E-state index < -0.39 is 12.6 Å². The van der Waals surface area contributed by atoms with Gasteiger partial charge in [-0.25, -0.2) is 33.1 Å². The van der Waals surface area contributed by atoms with Gasteiger partial charge in [0.1, 0.15) is 22.7 Å². The number of amides is 2. The third-order valence-electron chi connectivity index (χ3n) is 12.0. The van der Waals surface area contributed by atoms with Crippen molar-refractivity contribution in [2.75, 3.05) is 30.3 Å². The fourth-order valence-corrected chi connectivity index (χ4v) is 8.24. The van der Waals surface area contributed by atoms with Gasteiger partial charge in [-0.3, -0.25) is 9.59 Å². The van der Waals surface area contributed by atoms with E-state index in [0.717, 1.165) is 117 Å². The highest BCUT2D eigenvalue weighted by Crippen LogP contribution is 2.33. The molecule has 4 aliphatic rings. The molecule has 0 radical (unpaired) electrons. The molecule has 9 N–H and O–H groups in total. The van der Waals surface area contributed by atoms with E-state index in [-0.39, 0.29) is 48.9 Å². The van der Waals surface area contributed by atoms with Crippen molar-refractivity contribution in [3.05, 3.63) is 82.4 Å². The molecule has 340 valence electrons. The fourth-order valence-electron chi connectivity index (χ4n) is 8.24. The standard InChI is InChI=1S/C22H24F2N6O.C20H22N6O.C4H9F.ClH/c1-11-21(28-13-7-12(8-13)26-10-19(23)24)30-20-14(3-2-4-17(20)27-11)18-9-15-16(29-18)5-6-25-22(15)31;1-10-19(24-12-7-11(21)8-12)26-18-13(3-2-4-16(18)23-10)17-9-14-15(25-17)5-6-22-20(14)27;1-3-4(2)5;/h2-4,9,12-13,19,26,29H,5-8,10H2,1H3,(H,25,31)(H,28,30);2-4,9,11-12,25H,5-8,21H2,1H3,(H,22,27)(H,24,26);4H,3H2,1-2H3;1H. The average molecular weight is 901 g/mol. The molecule has 2 fully saturated rings. The van der Waals surface area contributed by atoms with Gasteiger partial charge in [-0.2, -0.15) is 0 Å². The molecule has 1 unspecified atom stereocenters. The van der Waals surface area contributed by atoms with Crippen molar-refractivity contribution in [2.45, 2.75) is 109 Å². The van der Waals surface area contributed by atoms with Crippen molar-refractivity contribution in [3.63, 3.8) is 0 Å². The Bertz CT molecular complexity index is 2620. The molecule has 14 nitrogen and oxygen atoms in total. The first-order valence-corrected chi connectivity index (χ1v) is 21.8. The molecule has 6 heterocycles. The molecule has 2 aliphatic carbocycles. The Hall–Kier alpha value is -5.78. The van der Waals surface area contributed by atoms with Crippen LogP contribution in [0.5, 0.6) is 0 Å². The van der Waals surface area contributed by atoms with Crippen molar-refractivity contribution in [1.82, 2.24) is 45.9 Å². The second-order valence-electron chi connectivity index (χ2n) is 16.9. The number of benzene rings is 2. The summed E-state index contributed by atoms with van der Waals surface area (Å²) in [6.45, 7) is 8.28. The summed E-state index contributed by atoms with van der Waals surface area (Å²) in [6, 6.07) is 16.5. The van der Waals surface area contributed by atoms with E-state index in [0.29, 0.717) is 36.9 Å². The van der Waals surface area contributed by atoms with Crippen molar-refractivity contribution in [1.29, 1.82) is 0 Å². The first-order chi connectivity index (χ1) is 30.3. The Balaban J connectivity index is 0.000000172. The number of H-pyrrole nitrogens is 2. The summed E-state index contributed by atoms with van der Waals surface area (Å²) in [7, 11) is 0. The molecule has 10 rings (SSSR count). The van der Waals surface area contributed by atoms with Crippen molar-refractivity contribution >= 4 is 57.9 Å². The van der Waals surface area contributed by atoms with Crippen LogP contribution in [0.2, 0.25) is 0 Å². The largest absolute Gasteiger partial charge is 0.366 e. The highest BCUT2D eigenvalue weighted by molar-refractivity contribution is 6.01. The number of nitrogens with one attached hydrogen (secondary N) is 7. The van der Waals surface area contributed by atoms with E-state index in [4.69, 9.17) is 25.7 Å². The van der Waals surface area contributed by atoms with Crippen LogP contribution in [0.3, 0.4) is 0 Å². The predicted molar refractivity (Wildman–Crippen MR) is 247 cm³/mol. The molecule has 4 aromatic heterocycles. The lowest BCUT2D eigenvalue weighted by atomic mass is 9.86. The number of fused-ring (bicyclic) bond motifs is 4. The number of alkyl halides is 3. The minimum atomic E-state index is -2.33. The topological polar surface area (TPSA) is 203 Å². The maximum Gasteiger partial charge on any atom is 0.253 e. The van der Waals surface area contributed by atoms with Gasteiger partial charge in [0, 0.05) is 84.0 Å². The molecule has 2 aliphatic heterocycles. The van der Waals surface area contributed by atoms with Crippen LogP contribution in [0.15, 0.2) is 48.5 Å². The van der Waals surface area contributed by atoms with Crippen LogP contribution >= 0.6 is 12.4 Å². The maximum atomic E-state index is 12.4. The van der Waals surface area contributed by atoms with E-state index in [1.54, 1.807) is 6.92 Å². The Morgan fingerprint density at radius 2 is 1.16 bits per heavy atom. The zero-order valence-corrected chi connectivity index (χ0v) is 37.2. The van der Waals surface area contributed by atoms with Gasteiger partial charge in [-0.05, 0) is 77.1 Å². The number of rotatable bonds is 10. The van der Waals surface area contributed by atoms with E-state index in [2.05, 4.69) is 36.6 Å². The van der Waals surface area contributed by atoms with Gasteiger partial charge in [0.15, 0.2) is 0 Å². The van der Waals surface area contributed by atoms with Gasteiger partial charge < -0.3 is 42.3 Å². The molecule has 0 spiro atoms. The van der Waals surface area contributed by atoms with Crippen LogP contribution in [0, 0.1) is 13.8 Å². The lowest BCUT2D eigenvalue weighted by Gasteiger charge is -2.37. The van der Waals surface area contributed by atoms with Gasteiger partial charge in [-0.1, -0.05) is 31.2 Å². The summed E-state index contributed by atoms with van der Waals surface area (Å²) in [5.41, 5.74) is 17.7. The number of aromatic amines is 2. The second-order valence-corrected chi connectivity index (χ2v) is 16.9. The first kappa shape index (κ1) is 46.2. The molecule has 1 atom stereocenters. The minimum Gasteiger partial charge on any atom is -0.366 e. The lowest BCUT2D eigenvalue weighted by Crippen LogP contribution is -2.49. The lowest BCUT2D eigenvalue weighted by molar-refractivity contribution is 0.0937.